The molecule has 1 aliphatic heterocycles. The quantitative estimate of drug-likeness (QED) is 0.472. The lowest BCUT2D eigenvalue weighted by Gasteiger charge is -2.14. The second-order valence-corrected chi connectivity index (χ2v) is 6.93. The Kier molecular flexibility index (Phi) is 5.66. The van der Waals surface area contributed by atoms with E-state index in [9.17, 15) is 9.59 Å². The predicted octanol–water partition coefficient (Wildman–Crippen LogP) is 3.59. The molecule has 0 N–H and O–H groups in total. The molecule has 0 unspecified atom stereocenters. The number of pyridine rings is 2. The third-order valence-corrected chi connectivity index (χ3v) is 5.00. The van der Waals surface area contributed by atoms with Crippen LogP contribution in [0.15, 0.2) is 77.9 Å². The number of esters is 1. The second kappa shape index (κ2) is 8.71. The molecule has 0 atom stereocenters. The molecular weight excluding hydrogens is 392 g/mol. The lowest BCUT2D eigenvalue weighted by atomic mass is 9.95. The van der Waals surface area contributed by atoms with Gasteiger partial charge in [0.25, 0.3) is 5.91 Å². The van der Waals surface area contributed by atoms with Gasteiger partial charge in [-0.2, -0.15) is 0 Å². The van der Waals surface area contributed by atoms with Crippen molar-refractivity contribution in [3.05, 3.63) is 78.5 Å². The molecule has 7 nitrogen and oxygen atoms in total. The van der Waals surface area contributed by atoms with E-state index in [4.69, 9.17) is 0 Å². The molecule has 3 aromatic rings. The summed E-state index contributed by atoms with van der Waals surface area (Å²) >= 11 is 0. The molecule has 0 radical (unpaired) electrons. The number of rotatable bonds is 5. The Morgan fingerprint density at radius 3 is 2.26 bits per heavy atom. The van der Waals surface area contributed by atoms with Crippen LogP contribution in [0.1, 0.15) is 12.5 Å². The van der Waals surface area contributed by atoms with Gasteiger partial charge in [0.05, 0.1) is 7.11 Å². The monoisotopic (exact) mass is 412 g/mol. The van der Waals surface area contributed by atoms with Gasteiger partial charge in [-0.3, -0.25) is 24.5 Å². The van der Waals surface area contributed by atoms with Crippen molar-refractivity contribution in [3.63, 3.8) is 0 Å². The van der Waals surface area contributed by atoms with Gasteiger partial charge in [-0.15, -0.1) is 0 Å². The Balaban J connectivity index is 1.79. The van der Waals surface area contributed by atoms with E-state index in [0.717, 1.165) is 27.8 Å². The maximum atomic E-state index is 12.9. The molecule has 7 heteroatoms. The fraction of sp³-hybridized carbons (Fsp3) is 0.125. The van der Waals surface area contributed by atoms with Crippen LogP contribution in [0.4, 0.5) is 0 Å². The summed E-state index contributed by atoms with van der Waals surface area (Å²) in [7, 11) is 1.29. The smallest absolute Gasteiger partial charge is 0.325 e. The van der Waals surface area contributed by atoms with E-state index in [2.05, 4.69) is 19.7 Å². The Hall–Kier alpha value is -4.13. The van der Waals surface area contributed by atoms with Gasteiger partial charge in [-0.25, -0.2) is 4.99 Å². The first kappa shape index (κ1) is 20.2. The lowest BCUT2D eigenvalue weighted by molar-refractivity contribution is -0.143. The Labute approximate surface area is 179 Å². The first-order chi connectivity index (χ1) is 15.1. The predicted molar refractivity (Wildman–Crippen MR) is 118 cm³/mol. The largest absolute Gasteiger partial charge is 0.468 e. The molecule has 1 aliphatic rings. The molecule has 31 heavy (non-hydrogen) atoms. The Morgan fingerprint density at radius 1 is 0.968 bits per heavy atom. The number of hydrogen-bond acceptors (Lipinski definition) is 6. The average molecular weight is 412 g/mol. The van der Waals surface area contributed by atoms with Crippen molar-refractivity contribution >= 4 is 23.8 Å². The van der Waals surface area contributed by atoms with E-state index in [0.29, 0.717) is 5.84 Å². The van der Waals surface area contributed by atoms with Gasteiger partial charge in [-0.1, -0.05) is 12.1 Å². The highest BCUT2D eigenvalue weighted by molar-refractivity contribution is 6.15. The number of benzene rings is 1. The van der Waals surface area contributed by atoms with Crippen LogP contribution in [0.3, 0.4) is 0 Å². The van der Waals surface area contributed by atoms with Crippen molar-refractivity contribution in [3.8, 4) is 22.3 Å². The van der Waals surface area contributed by atoms with Gasteiger partial charge < -0.3 is 4.74 Å². The van der Waals surface area contributed by atoms with Gasteiger partial charge >= 0.3 is 5.97 Å². The highest BCUT2D eigenvalue weighted by Crippen LogP contribution is 2.31. The number of amides is 1. The van der Waals surface area contributed by atoms with E-state index in [-0.39, 0.29) is 18.1 Å². The van der Waals surface area contributed by atoms with Crippen molar-refractivity contribution in [1.29, 1.82) is 0 Å². The molecule has 0 saturated heterocycles. The van der Waals surface area contributed by atoms with E-state index < -0.39 is 5.97 Å². The molecule has 154 valence electrons. The molecular formula is C24H20N4O3. The number of ether oxygens (including phenoxy) is 1. The normalized spacial score (nSPS) is 14.6. The molecule has 1 amide bonds. The maximum absolute atomic E-state index is 12.9. The first-order valence-electron chi connectivity index (χ1n) is 9.67. The fourth-order valence-corrected chi connectivity index (χ4v) is 3.39. The maximum Gasteiger partial charge on any atom is 0.325 e. The zero-order chi connectivity index (χ0) is 21.8. The van der Waals surface area contributed by atoms with Gasteiger partial charge in [0, 0.05) is 24.8 Å². The van der Waals surface area contributed by atoms with Gasteiger partial charge in [-0.05, 0) is 71.1 Å². The van der Waals surface area contributed by atoms with Crippen LogP contribution < -0.4 is 0 Å². The highest BCUT2D eigenvalue weighted by atomic mass is 16.5. The third kappa shape index (κ3) is 4.25. The summed E-state index contributed by atoms with van der Waals surface area (Å²) in [6, 6.07) is 13.7. The minimum Gasteiger partial charge on any atom is -0.468 e. The number of aliphatic imine (C=N–C) groups is 1. The number of carbonyl (C=O) groups is 2. The van der Waals surface area contributed by atoms with Crippen LogP contribution in [0.25, 0.3) is 28.3 Å². The molecule has 2 aromatic heterocycles. The standard InChI is InChI=1S/C24H20N4O3/c1-16-27-22(24(30)28(16)15-23(29)31-2)14-20-13-19(17-5-9-25-10-6-17)3-4-21(20)18-7-11-26-12-8-18/h3-14H,15H2,1-2H3. The van der Waals surface area contributed by atoms with Crippen molar-refractivity contribution in [2.24, 2.45) is 4.99 Å². The number of nitrogens with zero attached hydrogens (tertiary/aromatic N) is 4. The zero-order valence-electron chi connectivity index (χ0n) is 17.1. The topological polar surface area (TPSA) is 84.8 Å². The van der Waals surface area contributed by atoms with Crippen molar-refractivity contribution in [2.75, 3.05) is 13.7 Å². The second-order valence-electron chi connectivity index (χ2n) is 6.93. The average Bonchev–Trinajstić information content (AvgIpc) is 3.07. The van der Waals surface area contributed by atoms with Crippen LogP contribution >= 0.6 is 0 Å². The van der Waals surface area contributed by atoms with E-state index >= 15 is 0 Å². The van der Waals surface area contributed by atoms with Crippen LogP contribution in [0, 0.1) is 0 Å². The van der Waals surface area contributed by atoms with Gasteiger partial charge in [0.15, 0.2) is 0 Å². The minimum absolute atomic E-state index is 0.170. The zero-order valence-corrected chi connectivity index (χ0v) is 17.1. The molecule has 0 bridgehead atoms. The molecule has 4 rings (SSSR count). The number of aromatic nitrogens is 2. The highest BCUT2D eigenvalue weighted by Gasteiger charge is 2.29. The molecule has 0 spiro atoms. The lowest BCUT2D eigenvalue weighted by Crippen LogP contribution is -2.35. The van der Waals surface area contributed by atoms with Crippen molar-refractivity contribution < 1.29 is 14.3 Å². The Morgan fingerprint density at radius 2 is 1.61 bits per heavy atom. The van der Waals surface area contributed by atoms with Crippen LogP contribution in [-0.2, 0) is 14.3 Å². The number of carbonyl (C=O) groups excluding carboxylic acids is 2. The van der Waals surface area contributed by atoms with E-state index in [1.165, 1.54) is 12.0 Å². The summed E-state index contributed by atoms with van der Waals surface area (Å²) in [6.45, 7) is 1.52. The fourth-order valence-electron chi connectivity index (χ4n) is 3.39. The van der Waals surface area contributed by atoms with E-state index in [1.54, 1.807) is 37.8 Å². The molecule has 1 aromatic carbocycles. The van der Waals surface area contributed by atoms with Gasteiger partial charge in [0.2, 0.25) is 0 Å². The minimum atomic E-state index is -0.499. The summed E-state index contributed by atoms with van der Waals surface area (Å²) in [5.41, 5.74) is 5.02. The molecule has 0 aliphatic carbocycles. The SMILES string of the molecule is COC(=O)CN1C(=O)C(=Cc2cc(-c3ccncc3)ccc2-c2ccncc2)N=C1C. The third-order valence-electron chi connectivity index (χ3n) is 5.00. The first-order valence-corrected chi connectivity index (χ1v) is 9.67. The van der Waals surface area contributed by atoms with E-state index in [1.807, 2.05) is 42.5 Å². The summed E-state index contributed by atoms with van der Waals surface area (Å²) in [5, 5.41) is 0. The van der Waals surface area contributed by atoms with Crippen LogP contribution in [0.2, 0.25) is 0 Å². The number of hydrogen-bond donors (Lipinski definition) is 0. The summed E-state index contributed by atoms with van der Waals surface area (Å²) in [6.07, 6.45) is 8.68. The van der Waals surface area contributed by atoms with Crippen LogP contribution in [-0.4, -0.2) is 46.2 Å². The number of amidine groups is 1. The molecule has 0 saturated carbocycles. The summed E-state index contributed by atoms with van der Waals surface area (Å²) in [5.74, 6) is -0.378. The van der Waals surface area contributed by atoms with Crippen molar-refractivity contribution in [1.82, 2.24) is 14.9 Å². The van der Waals surface area contributed by atoms with Gasteiger partial charge in [0.1, 0.15) is 18.1 Å². The summed E-state index contributed by atoms with van der Waals surface area (Å²) < 4.78 is 4.69. The molecule has 3 heterocycles. The molecule has 0 fully saturated rings. The summed E-state index contributed by atoms with van der Waals surface area (Å²) in [4.78, 5) is 38.4. The van der Waals surface area contributed by atoms with Crippen LogP contribution in [0.5, 0.6) is 0 Å². The van der Waals surface area contributed by atoms with Crippen molar-refractivity contribution in [2.45, 2.75) is 6.92 Å². The Bertz CT molecular complexity index is 1190. The number of methoxy groups -OCH3 is 1.